The van der Waals surface area contributed by atoms with Crippen molar-refractivity contribution in [2.75, 3.05) is 53.0 Å². The Morgan fingerprint density at radius 1 is 0.906 bits per heavy atom. The molecule has 3 aromatic carbocycles. The van der Waals surface area contributed by atoms with Crippen LogP contribution in [-0.4, -0.2) is 106 Å². The van der Waals surface area contributed by atoms with Gasteiger partial charge < -0.3 is 57.6 Å². The number of hydrogen-bond acceptors (Lipinski definition) is 12. The zero-order valence-electron chi connectivity index (χ0n) is 36.5. The number of nitrogens with zero attached hydrogens (tertiary/aromatic N) is 2. The van der Waals surface area contributed by atoms with Crippen LogP contribution in [0.25, 0.3) is 11.1 Å². The van der Waals surface area contributed by atoms with Gasteiger partial charge in [0.25, 0.3) is 5.91 Å². The molecule has 4 atom stereocenters. The number of amides is 5. The molecular weight excluding hydrogens is 849 g/mol. The number of carbonyl (C=O) groups excluding carboxylic acids is 5. The Labute approximate surface area is 377 Å². The minimum absolute atomic E-state index is 0.0210. The van der Waals surface area contributed by atoms with Crippen LogP contribution in [0.3, 0.4) is 0 Å². The van der Waals surface area contributed by atoms with Crippen LogP contribution in [-0.2, 0) is 25.6 Å². The number of fused-ring (bicyclic) bond motifs is 5. The molecular formula is C45H59ClFN9O8. The monoisotopic (exact) mass is 907 g/mol. The van der Waals surface area contributed by atoms with Crippen LogP contribution >= 0.6 is 11.6 Å². The summed E-state index contributed by atoms with van der Waals surface area (Å²) in [5, 5.41) is 19.3. The molecule has 10 N–H and O–H groups in total. The van der Waals surface area contributed by atoms with Crippen molar-refractivity contribution in [3.63, 3.8) is 0 Å². The second kappa shape index (κ2) is 25.3. The van der Waals surface area contributed by atoms with Gasteiger partial charge in [0.05, 0.1) is 23.3 Å². The zero-order chi connectivity index (χ0) is 46.8. The third-order valence-electron chi connectivity index (χ3n) is 10.4. The maximum Gasteiger partial charge on any atom is 0.256 e. The van der Waals surface area contributed by atoms with Gasteiger partial charge >= 0.3 is 0 Å². The summed E-state index contributed by atoms with van der Waals surface area (Å²) < 4.78 is 33.3. The summed E-state index contributed by atoms with van der Waals surface area (Å²) in [4.78, 5) is 70.8. The molecule has 64 heavy (non-hydrogen) atoms. The Kier molecular flexibility index (Phi) is 20.0. The second-order valence-corrected chi connectivity index (χ2v) is 15.6. The Bertz CT molecular complexity index is 2130. The van der Waals surface area contributed by atoms with Gasteiger partial charge in [-0.05, 0) is 67.8 Å². The van der Waals surface area contributed by atoms with Crippen LogP contribution in [0, 0.1) is 17.1 Å². The summed E-state index contributed by atoms with van der Waals surface area (Å²) >= 11 is 6.43. The van der Waals surface area contributed by atoms with Crippen LogP contribution in [0.5, 0.6) is 17.2 Å². The Balaban J connectivity index is 1.78. The Morgan fingerprint density at radius 3 is 2.22 bits per heavy atom. The Hall–Kier alpha value is -6.00. The molecule has 1 heterocycles. The van der Waals surface area contributed by atoms with E-state index in [0.717, 1.165) is 43.1 Å². The minimum Gasteiger partial charge on any atom is -0.493 e. The topological polar surface area (TPSA) is 266 Å². The van der Waals surface area contributed by atoms with Crippen molar-refractivity contribution in [1.29, 1.82) is 5.26 Å². The van der Waals surface area contributed by atoms with E-state index in [-0.39, 0.29) is 68.6 Å². The third kappa shape index (κ3) is 13.7. The number of nitriles is 1. The van der Waals surface area contributed by atoms with Gasteiger partial charge in [0.2, 0.25) is 23.6 Å². The van der Waals surface area contributed by atoms with E-state index in [1.807, 2.05) is 6.07 Å². The molecule has 0 saturated heterocycles. The molecule has 0 aromatic heterocycles. The van der Waals surface area contributed by atoms with Crippen molar-refractivity contribution in [3.05, 3.63) is 76.1 Å². The van der Waals surface area contributed by atoms with Crippen molar-refractivity contribution < 1.29 is 42.6 Å². The number of carbonyl (C=O) groups is 5. The third-order valence-corrected chi connectivity index (χ3v) is 10.7. The lowest BCUT2D eigenvalue weighted by atomic mass is 9.93. The quantitative estimate of drug-likeness (QED) is 0.0601. The second-order valence-electron chi connectivity index (χ2n) is 15.2. The van der Waals surface area contributed by atoms with Crippen LogP contribution in [0.15, 0.2) is 48.5 Å². The normalized spacial score (nSPS) is 16.5. The molecule has 346 valence electrons. The van der Waals surface area contributed by atoms with E-state index in [2.05, 4.69) is 28.2 Å². The average molecular weight is 908 g/mol. The molecule has 17 nitrogen and oxygen atoms in total. The van der Waals surface area contributed by atoms with Crippen molar-refractivity contribution in [3.8, 4) is 34.4 Å². The molecule has 0 aliphatic carbocycles. The highest BCUT2D eigenvalue weighted by molar-refractivity contribution is 6.34. The van der Waals surface area contributed by atoms with E-state index in [4.69, 9.17) is 48.3 Å². The maximum atomic E-state index is 15.5. The van der Waals surface area contributed by atoms with E-state index in [1.165, 1.54) is 20.0 Å². The molecule has 4 rings (SSSR count). The van der Waals surface area contributed by atoms with Crippen LogP contribution in [0.1, 0.15) is 79.9 Å². The lowest BCUT2D eigenvalue weighted by Gasteiger charge is -2.32. The van der Waals surface area contributed by atoms with Gasteiger partial charge in [-0.1, -0.05) is 56.3 Å². The number of likely N-dealkylation sites (N-methyl/N-ethyl adjacent to an activating group) is 1. The molecule has 5 amide bonds. The average Bonchev–Trinajstić information content (AvgIpc) is 3.27. The number of halogens is 2. The van der Waals surface area contributed by atoms with E-state index in [1.54, 1.807) is 36.4 Å². The van der Waals surface area contributed by atoms with Crippen molar-refractivity contribution in [2.24, 2.45) is 17.2 Å². The number of unbranched alkanes of at least 4 members (excludes halogenated alkanes) is 4. The zero-order valence-corrected chi connectivity index (χ0v) is 37.2. The predicted molar refractivity (Wildman–Crippen MR) is 239 cm³/mol. The first-order valence-electron chi connectivity index (χ1n) is 21.4. The summed E-state index contributed by atoms with van der Waals surface area (Å²) in [6.45, 7) is 4.01. The number of nitrogens with one attached hydrogen (secondary N) is 4. The molecule has 19 heteroatoms. The fourth-order valence-corrected chi connectivity index (χ4v) is 7.39. The van der Waals surface area contributed by atoms with E-state index >= 15 is 4.39 Å². The van der Waals surface area contributed by atoms with Gasteiger partial charge in [0, 0.05) is 43.8 Å². The van der Waals surface area contributed by atoms with Crippen LogP contribution in [0.2, 0.25) is 5.02 Å². The number of hydrogen-bond donors (Lipinski definition) is 7. The van der Waals surface area contributed by atoms with Gasteiger partial charge in [-0.15, -0.1) is 0 Å². The standard InChI is InChI=1S/C45H59ClFN9O8/c1-4-5-6-7-8-19-62-30-25-33(46)39(34(47)26-30)43(59)54-35(13-14-48)45(61)56(3)40-29-10-12-38(64-21-17-51)32(24-29)31-22-28(9-11-37(31)63-20-16-50)23-36(42(58)52-18-15-49)55-41(57)27(2)53-44(40)60/h9-12,22,24-27,35-36,40H,4-8,13-14,16-21,23,48,50-51H2,1-3H3,(H,52,58)(H,53,60)(H,54,59)(H,55,57)/t27-,35-,36-,40-/m0/s1. The van der Waals surface area contributed by atoms with Crippen molar-refractivity contribution >= 4 is 41.1 Å². The minimum atomic E-state index is -1.48. The fourth-order valence-electron chi connectivity index (χ4n) is 7.11. The first-order valence-corrected chi connectivity index (χ1v) is 21.7. The summed E-state index contributed by atoms with van der Waals surface area (Å²) in [6.07, 6.45) is 4.82. The number of ether oxygens (including phenoxy) is 3. The van der Waals surface area contributed by atoms with E-state index in [0.29, 0.717) is 34.8 Å². The van der Waals surface area contributed by atoms with Gasteiger partial charge in [-0.3, -0.25) is 24.0 Å². The molecule has 4 bridgehead atoms. The number of benzene rings is 3. The molecule has 0 fully saturated rings. The van der Waals surface area contributed by atoms with Crippen molar-refractivity contribution in [2.45, 2.75) is 83.0 Å². The first-order chi connectivity index (χ1) is 30.8. The summed E-state index contributed by atoms with van der Waals surface area (Å²) in [5.74, 6) is -4.11. The highest BCUT2D eigenvalue weighted by atomic mass is 35.5. The number of nitrogens with two attached hydrogens (primary N) is 3. The summed E-state index contributed by atoms with van der Waals surface area (Å²) in [7, 11) is 1.34. The molecule has 0 spiro atoms. The lowest BCUT2D eigenvalue weighted by molar-refractivity contribution is -0.141. The van der Waals surface area contributed by atoms with E-state index < -0.39 is 65.1 Å². The number of rotatable bonds is 21. The summed E-state index contributed by atoms with van der Waals surface area (Å²) in [5.41, 5.74) is 18.7. The molecule has 0 unspecified atom stereocenters. The van der Waals surface area contributed by atoms with Crippen LogP contribution < -0.4 is 52.7 Å². The smallest absolute Gasteiger partial charge is 0.256 e. The Morgan fingerprint density at radius 2 is 1.58 bits per heavy atom. The molecule has 0 radical (unpaired) electrons. The van der Waals surface area contributed by atoms with Gasteiger partial charge in [-0.25, -0.2) is 4.39 Å². The lowest BCUT2D eigenvalue weighted by Crippen LogP contribution is -2.56. The van der Waals surface area contributed by atoms with Crippen LogP contribution in [0.4, 0.5) is 4.39 Å². The molecule has 1 aliphatic heterocycles. The predicted octanol–water partition coefficient (Wildman–Crippen LogP) is 3.00. The molecule has 1 aliphatic rings. The molecule has 0 saturated carbocycles. The molecule has 3 aromatic rings. The maximum absolute atomic E-state index is 15.5. The SMILES string of the molecule is CCCCCCCOc1cc(F)c(C(=O)N[C@@H](CCN)C(=O)N(C)[C@@H]2C(=O)N[C@@H](C)C(=O)N[C@H](C(=O)NCC#N)Cc3ccc(OCCN)c(c3)-c3cc2ccc3OCCN)c(Cl)c1. The summed E-state index contributed by atoms with van der Waals surface area (Å²) in [6, 6.07) is 8.85. The van der Waals surface area contributed by atoms with Gasteiger partial charge in [0.1, 0.15) is 67.0 Å². The highest BCUT2D eigenvalue weighted by Crippen LogP contribution is 2.40. The van der Waals surface area contributed by atoms with Crippen molar-refractivity contribution in [1.82, 2.24) is 26.2 Å². The van der Waals surface area contributed by atoms with Gasteiger partial charge in [0.15, 0.2) is 0 Å². The largest absolute Gasteiger partial charge is 0.493 e. The highest BCUT2D eigenvalue weighted by Gasteiger charge is 2.36. The first kappa shape index (κ1) is 50.6. The van der Waals surface area contributed by atoms with Gasteiger partial charge in [-0.2, -0.15) is 5.26 Å². The fraction of sp³-hybridized carbons (Fsp3) is 0.467. The van der Waals surface area contributed by atoms with E-state index in [9.17, 15) is 24.0 Å².